The van der Waals surface area contributed by atoms with Crippen molar-refractivity contribution in [1.82, 2.24) is 0 Å². The molecule has 10 heteroatoms. The number of hydrogen-bond donors (Lipinski definition) is 0. The second kappa shape index (κ2) is 29.6. The van der Waals surface area contributed by atoms with E-state index in [2.05, 4.69) is 38.2 Å². The Hall–Kier alpha value is -1.51. The molecule has 0 rings (SSSR count). The monoisotopic (exact) mass is 673 g/mol. The Bertz CT molecular complexity index is 855. The van der Waals surface area contributed by atoms with E-state index < -0.39 is 32.5 Å². The molecule has 0 spiro atoms. The molecule has 0 aromatic rings. The van der Waals surface area contributed by atoms with E-state index in [1.807, 2.05) is 21.1 Å². The van der Waals surface area contributed by atoms with Gasteiger partial charge in [-0.1, -0.05) is 109 Å². The molecule has 0 N–H and O–H groups in total. The molecule has 0 radical (unpaired) electrons. The molecule has 9 nitrogen and oxygen atoms in total. The Labute approximate surface area is 281 Å². The second-order valence-corrected chi connectivity index (χ2v) is 14.6. The molecule has 0 saturated carbocycles. The number of rotatable bonds is 32. The van der Waals surface area contributed by atoms with E-state index in [1.165, 1.54) is 51.4 Å². The van der Waals surface area contributed by atoms with Gasteiger partial charge in [-0.15, -0.1) is 0 Å². The van der Waals surface area contributed by atoms with Crippen molar-refractivity contribution < 1.29 is 42.1 Å². The minimum absolute atomic E-state index is 0.0328. The van der Waals surface area contributed by atoms with Crippen LogP contribution in [0.4, 0.5) is 0 Å². The van der Waals surface area contributed by atoms with E-state index in [0.717, 1.165) is 57.8 Å². The molecule has 0 bridgehead atoms. The number of allylic oxidation sites excluding steroid dienone is 4. The van der Waals surface area contributed by atoms with Crippen LogP contribution in [0.1, 0.15) is 142 Å². The highest BCUT2D eigenvalue weighted by Gasteiger charge is 2.21. The highest BCUT2D eigenvalue weighted by Crippen LogP contribution is 2.38. The molecule has 0 aliphatic rings. The molecule has 46 heavy (non-hydrogen) atoms. The lowest BCUT2D eigenvalue weighted by Gasteiger charge is -2.28. The van der Waals surface area contributed by atoms with E-state index in [4.69, 9.17) is 18.5 Å². The first-order chi connectivity index (χ1) is 22.0. The van der Waals surface area contributed by atoms with Gasteiger partial charge in [0, 0.05) is 12.8 Å². The topological polar surface area (TPSA) is 111 Å². The molecule has 0 aliphatic carbocycles. The molecular formula is C36H68NO8P. The molecule has 0 heterocycles. The molecule has 0 amide bonds. The normalized spacial score (nSPS) is 14.1. The van der Waals surface area contributed by atoms with Crippen LogP contribution >= 0.6 is 7.82 Å². The molecule has 0 aliphatic heterocycles. The van der Waals surface area contributed by atoms with Gasteiger partial charge in [0.25, 0.3) is 7.82 Å². The molecule has 0 aromatic heterocycles. The van der Waals surface area contributed by atoms with E-state index in [1.54, 1.807) is 0 Å². The van der Waals surface area contributed by atoms with Crippen molar-refractivity contribution in [3.8, 4) is 0 Å². The van der Waals surface area contributed by atoms with Crippen LogP contribution in [0.15, 0.2) is 24.3 Å². The van der Waals surface area contributed by atoms with Gasteiger partial charge in [-0.2, -0.15) is 0 Å². The molecular weight excluding hydrogens is 605 g/mol. The summed E-state index contributed by atoms with van der Waals surface area (Å²) < 4.78 is 33.6. The third-order valence-corrected chi connectivity index (χ3v) is 8.44. The fraction of sp³-hybridized carbons (Fsp3) is 0.833. The average Bonchev–Trinajstić information content (AvgIpc) is 2.99. The summed E-state index contributed by atoms with van der Waals surface area (Å²) in [4.78, 5) is 37.1. The third kappa shape index (κ3) is 32.4. The number of phosphoric ester groups is 1. The van der Waals surface area contributed by atoms with Gasteiger partial charge in [-0.25, -0.2) is 0 Å². The maximum Gasteiger partial charge on any atom is 0.306 e. The third-order valence-electron chi connectivity index (χ3n) is 7.47. The maximum absolute atomic E-state index is 12.5. The number of likely N-dealkylation sites (N-methyl/N-ethyl adjacent to an activating group) is 1. The maximum atomic E-state index is 12.5. The Morgan fingerprint density at radius 1 is 0.674 bits per heavy atom. The molecule has 0 aromatic carbocycles. The Morgan fingerprint density at radius 2 is 1.17 bits per heavy atom. The van der Waals surface area contributed by atoms with Crippen LogP contribution in [0.25, 0.3) is 0 Å². The molecule has 0 fully saturated rings. The molecule has 1 unspecified atom stereocenters. The smallest absolute Gasteiger partial charge is 0.306 e. The van der Waals surface area contributed by atoms with Crippen LogP contribution in [0.2, 0.25) is 0 Å². The summed E-state index contributed by atoms with van der Waals surface area (Å²) in [5.74, 6) is -0.859. The fourth-order valence-corrected chi connectivity index (χ4v) is 5.29. The van der Waals surface area contributed by atoms with Gasteiger partial charge in [-0.3, -0.25) is 14.2 Å². The zero-order valence-corrected chi connectivity index (χ0v) is 30.9. The lowest BCUT2D eigenvalue weighted by molar-refractivity contribution is -0.870. The number of hydrogen-bond acceptors (Lipinski definition) is 8. The summed E-state index contributed by atoms with van der Waals surface area (Å²) in [7, 11) is 1.15. The lowest BCUT2D eigenvalue weighted by atomic mass is 10.1. The van der Waals surface area contributed by atoms with E-state index in [-0.39, 0.29) is 26.1 Å². The average molecular weight is 674 g/mol. The highest BCUT2D eigenvalue weighted by molar-refractivity contribution is 7.45. The largest absolute Gasteiger partial charge is 0.756 e. The fourth-order valence-electron chi connectivity index (χ4n) is 4.56. The summed E-state index contributed by atoms with van der Waals surface area (Å²) >= 11 is 0. The highest BCUT2D eigenvalue weighted by atomic mass is 31.2. The Balaban J connectivity index is 4.45. The molecule has 0 saturated heterocycles. The van der Waals surface area contributed by atoms with Gasteiger partial charge in [-0.05, 0) is 44.9 Å². The Kier molecular flexibility index (Phi) is 28.6. The summed E-state index contributed by atoms with van der Waals surface area (Å²) in [6.07, 6.45) is 27.9. The van der Waals surface area contributed by atoms with Crippen LogP contribution in [0.3, 0.4) is 0 Å². The van der Waals surface area contributed by atoms with Crippen molar-refractivity contribution in [3.63, 3.8) is 0 Å². The number of nitrogens with zero attached hydrogens (tertiary/aromatic N) is 1. The van der Waals surface area contributed by atoms with Crippen molar-refractivity contribution in [3.05, 3.63) is 24.3 Å². The number of esters is 2. The first-order valence-corrected chi connectivity index (χ1v) is 19.5. The van der Waals surface area contributed by atoms with Gasteiger partial charge < -0.3 is 27.9 Å². The number of unbranched alkanes of at least 4 members (excludes halogenated alkanes) is 14. The van der Waals surface area contributed by atoms with E-state index in [9.17, 15) is 19.0 Å². The van der Waals surface area contributed by atoms with E-state index >= 15 is 0 Å². The number of ether oxygens (including phenoxy) is 2. The van der Waals surface area contributed by atoms with Crippen LogP contribution < -0.4 is 4.89 Å². The van der Waals surface area contributed by atoms with Crippen molar-refractivity contribution in [2.24, 2.45) is 0 Å². The number of carbonyl (C=O) groups is 2. The summed E-state index contributed by atoms with van der Waals surface area (Å²) in [5, 5.41) is 0. The number of phosphoric acid groups is 1. The summed E-state index contributed by atoms with van der Waals surface area (Å²) in [6, 6.07) is 0. The molecule has 2 atom stereocenters. The summed E-state index contributed by atoms with van der Waals surface area (Å²) in [5.41, 5.74) is 0. The number of quaternary nitrogens is 1. The van der Waals surface area contributed by atoms with Crippen molar-refractivity contribution in [1.29, 1.82) is 0 Å². The van der Waals surface area contributed by atoms with Gasteiger partial charge in [0.1, 0.15) is 19.8 Å². The van der Waals surface area contributed by atoms with E-state index in [0.29, 0.717) is 17.4 Å². The van der Waals surface area contributed by atoms with Crippen LogP contribution in [-0.4, -0.2) is 70.0 Å². The standard InChI is InChI=1S/C36H68NO8P/c1-6-8-10-12-14-15-16-17-18-19-20-21-23-25-27-29-36(39)45-34(33-44-46(40,41)43-31-30-37(3,4)5)32-42-35(38)28-26-24-22-13-11-9-7-2/h14-15,17-18,34H,6-13,16,19-33H2,1-5H3/b15-14+,18-17+/t34-/m1/s1. The van der Waals surface area contributed by atoms with Crippen LogP contribution in [0, 0.1) is 0 Å². The SMILES string of the molecule is CCCCC/C=C/C/C=C/CCCCCCCC(=O)O[C@H](COC(=O)CCCCCCCCC)COP(=O)([O-])OCC[N+](C)(C)C. The summed E-state index contributed by atoms with van der Waals surface area (Å²) in [6.45, 7) is 4.11. The van der Waals surface area contributed by atoms with Gasteiger partial charge in [0.2, 0.25) is 0 Å². The molecule has 270 valence electrons. The quantitative estimate of drug-likeness (QED) is 0.0230. The van der Waals surface area contributed by atoms with Crippen molar-refractivity contribution >= 4 is 19.8 Å². The predicted molar refractivity (Wildman–Crippen MR) is 185 cm³/mol. The van der Waals surface area contributed by atoms with Gasteiger partial charge >= 0.3 is 11.9 Å². The van der Waals surface area contributed by atoms with Gasteiger partial charge in [0.05, 0.1) is 27.7 Å². The van der Waals surface area contributed by atoms with Crippen LogP contribution in [-0.2, 0) is 32.7 Å². The van der Waals surface area contributed by atoms with Crippen LogP contribution in [0.5, 0.6) is 0 Å². The first kappa shape index (κ1) is 44.5. The number of carbonyl (C=O) groups excluding carboxylic acids is 2. The van der Waals surface area contributed by atoms with Gasteiger partial charge in [0.15, 0.2) is 6.10 Å². The van der Waals surface area contributed by atoms with Crippen molar-refractivity contribution in [2.75, 3.05) is 47.5 Å². The minimum atomic E-state index is -4.61. The Morgan fingerprint density at radius 3 is 1.76 bits per heavy atom. The van der Waals surface area contributed by atoms with Crippen molar-refractivity contribution in [2.45, 2.75) is 148 Å². The first-order valence-electron chi connectivity index (χ1n) is 18.0. The zero-order chi connectivity index (χ0) is 34.4. The zero-order valence-electron chi connectivity index (χ0n) is 30.0. The second-order valence-electron chi connectivity index (χ2n) is 13.2. The predicted octanol–water partition coefficient (Wildman–Crippen LogP) is 8.60. The minimum Gasteiger partial charge on any atom is -0.756 e. The lowest BCUT2D eigenvalue weighted by Crippen LogP contribution is -2.37.